The van der Waals surface area contributed by atoms with Gasteiger partial charge in [0.15, 0.2) is 0 Å². The molecule has 0 rings (SSSR count). The van der Waals surface area contributed by atoms with Gasteiger partial charge in [0, 0.05) is 18.4 Å². The van der Waals surface area contributed by atoms with E-state index in [9.17, 15) is 19.8 Å². The van der Waals surface area contributed by atoms with Crippen molar-refractivity contribution in [2.75, 3.05) is 26.2 Å². The molecule has 0 aliphatic rings. The summed E-state index contributed by atoms with van der Waals surface area (Å²) in [5, 5.41) is 23.6. The second-order valence-electron chi connectivity index (χ2n) is 11.7. The number of hydrogen-bond donors (Lipinski definition) is 2. The first kappa shape index (κ1) is 44.3. The van der Waals surface area contributed by atoms with Gasteiger partial charge in [-0.25, -0.2) is 0 Å². The largest absolute Gasteiger partial charge is 0.550 e. The van der Waals surface area contributed by atoms with Crippen molar-refractivity contribution in [3.8, 4) is 0 Å². The van der Waals surface area contributed by atoms with Gasteiger partial charge in [-0.05, 0) is 51.4 Å². The highest BCUT2D eigenvalue weighted by Crippen LogP contribution is 2.06. The maximum absolute atomic E-state index is 9.28. The molecule has 0 atom stereocenters. The molecule has 0 aliphatic heterocycles. The van der Waals surface area contributed by atoms with Crippen molar-refractivity contribution in [2.45, 2.75) is 188 Å². The summed E-state index contributed by atoms with van der Waals surface area (Å²) in [6.07, 6.45) is 33.3. The van der Waals surface area contributed by atoms with Crippen molar-refractivity contribution in [3.05, 3.63) is 0 Å². The summed E-state index contributed by atoms with van der Waals surface area (Å²) in [6.45, 7) is 14.6. The van der Waals surface area contributed by atoms with Crippen molar-refractivity contribution < 1.29 is 30.4 Å². The summed E-state index contributed by atoms with van der Waals surface area (Å²) in [6, 6.07) is 0. The first-order valence-corrected chi connectivity index (χ1v) is 18.0. The average Bonchev–Trinajstić information content (AvgIpc) is 2.94. The minimum atomic E-state index is -1.63. The molecule has 0 fully saturated rings. The van der Waals surface area contributed by atoms with E-state index in [1.807, 2.05) is 0 Å². The first-order chi connectivity index (χ1) is 20.0. The van der Waals surface area contributed by atoms with Crippen LogP contribution >= 0.6 is 0 Å². The standard InChI is InChI=1S/2C16H35N.C3H4O4/c2*1-3-5-7-9-11-13-15-17-16-14-12-10-8-6-4-2;4-2(5)1-3(6)7/h2*17H,3-16H2,1-2H3;1H2,(H,4,5)(H,6,7). The summed E-state index contributed by atoms with van der Waals surface area (Å²) in [5.74, 6) is -3.25. The summed E-state index contributed by atoms with van der Waals surface area (Å²) in [5.41, 5.74) is 0. The first-order valence-electron chi connectivity index (χ1n) is 18.0. The molecule has 0 radical (unpaired) electrons. The van der Waals surface area contributed by atoms with Crippen LogP contribution < -0.4 is 20.8 Å². The van der Waals surface area contributed by atoms with Crippen LogP contribution in [0.3, 0.4) is 0 Å². The lowest BCUT2D eigenvalue weighted by molar-refractivity contribution is -0.655. The Hall–Kier alpha value is -1.14. The van der Waals surface area contributed by atoms with Gasteiger partial charge in [0.2, 0.25) is 0 Å². The molecular formula is C35H74N2O4. The predicted molar refractivity (Wildman–Crippen MR) is 171 cm³/mol. The fourth-order valence-corrected chi connectivity index (χ4v) is 4.68. The highest BCUT2D eigenvalue weighted by molar-refractivity contribution is 5.86. The van der Waals surface area contributed by atoms with Crippen LogP contribution in [-0.4, -0.2) is 38.1 Å². The van der Waals surface area contributed by atoms with E-state index in [-0.39, 0.29) is 0 Å². The molecular weight excluding hydrogens is 512 g/mol. The van der Waals surface area contributed by atoms with Crippen molar-refractivity contribution in [3.63, 3.8) is 0 Å². The van der Waals surface area contributed by atoms with Gasteiger partial charge >= 0.3 is 0 Å². The SMILES string of the molecule is CCCCCCCC[NH2+]CCCCCCCC.CCCCCCCC[NH2+]CCCCCCCC.O=C([O-])CC(=O)[O-]. The zero-order valence-electron chi connectivity index (χ0n) is 28.3. The van der Waals surface area contributed by atoms with Gasteiger partial charge in [0.1, 0.15) is 0 Å². The normalized spacial score (nSPS) is 10.4. The number of aliphatic carboxylic acids is 2. The van der Waals surface area contributed by atoms with Crippen LogP contribution in [0.1, 0.15) is 188 Å². The second-order valence-corrected chi connectivity index (χ2v) is 11.7. The Morgan fingerprint density at radius 1 is 0.366 bits per heavy atom. The van der Waals surface area contributed by atoms with Gasteiger partial charge in [0.25, 0.3) is 0 Å². The summed E-state index contributed by atoms with van der Waals surface area (Å²) >= 11 is 0. The van der Waals surface area contributed by atoms with Crippen LogP contribution in [0.5, 0.6) is 0 Å². The third-order valence-corrected chi connectivity index (χ3v) is 7.34. The molecule has 0 unspecified atom stereocenters. The molecule has 41 heavy (non-hydrogen) atoms. The summed E-state index contributed by atoms with van der Waals surface area (Å²) < 4.78 is 0. The number of quaternary nitrogens is 2. The molecule has 0 aromatic heterocycles. The van der Waals surface area contributed by atoms with Crippen molar-refractivity contribution in [1.82, 2.24) is 0 Å². The molecule has 0 saturated carbocycles. The Kier molecular flexibility index (Phi) is 46.8. The molecule has 4 N–H and O–H groups in total. The summed E-state index contributed by atoms with van der Waals surface area (Å²) in [7, 11) is 0. The van der Waals surface area contributed by atoms with Gasteiger partial charge in [-0.3, -0.25) is 0 Å². The van der Waals surface area contributed by atoms with Gasteiger partial charge in [0.05, 0.1) is 26.2 Å². The van der Waals surface area contributed by atoms with E-state index in [0.717, 1.165) is 0 Å². The van der Waals surface area contributed by atoms with Crippen molar-refractivity contribution in [2.24, 2.45) is 0 Å². The molecule has 0 spiro atoms. The third kappa shape index (κ3) is 55.4. The molecule has 6 nitrogen and oxygen atoms in total. The van der Waals surface area contributed by atoms with Gasteiger partial charge in [-0.1, -0.05) is 130 Å². The van der Waals surface area contributed by atoms with Crippen LogP contribution in [-0.2, 0) is 9.59 Å². The Bertz CT molecular complexity index is 419. The fraction of sp³-hybridized carbons (Fsp3) is 0.943. The van der Waals surface area contributed by atoms with Gasteiger partial charge in [-0.15, -0.1) is 0 Å². The van der Waals surface area contributed by atoms with E-state index < -0.39 is 18.4 Å². The van der Waals surface area contributed by atoms with E-state index in [0.29, 0.717) is 0 Å². The Labute approximate surface area is 256 Å². The highest BCUT2D eigenvalue weighted by Gasteiger charge is 1.95. The number of carboxylic acids is 2. The Morgan fingerprint density at radius 2 is 0.561 bits per heavy atom. The van der Waals surface area contributed by atoms with Crippen LogP contribution in [0.15, 0.2) is 0 Å². The molecule has 248 valence electrons. The molecule has 0 heterocycles. The third-order valence-electron chi connectivity index (χ3n) is 7.34. The number of carbonyl (C=O) groups is 2. The summed E-state index contributed by atoms with van der Waals surface area (Å²) in [4.78, 5) is 18.6. The number of carboxylic acid groups (broad SMARTS) is 2. The molecule has 6 heteroatoms. The van der Waals surface area contributed by atoms with Crippen LogP contribution in [0.4, 0.5) is 0 Å². The van der Waals surface area contributed by atoms with E-state index in [1.165, 1.54) is 180 Å². The number of rotatable bonds is 30. The minimum Gasteiger partial charge on any atom is -0.550 e. The molecule has 0 saturated heterocycles. The van der Waals surface area contributed by atoms with E-state index in [4.69, 9.17) is 0 Å². The molecule has 0 aromatic rings. The Balaban J connectivity index is -0.000000574. The zero-order chi connectivity index (χ0) is 31.1. The topological polar surface area (TPSA) is 113 Å². The van der Waals surface area contributed by atoms with Crippen LogP contribution in [0.25, 0.3) is 0 Å². The van der Waals surface area contributed by atoms with Crippen LogP contribution in [0, 0.1) is 0 Å². The predicted octanol–water partition coefficient (Wildman–Crippen LogP) is 5.42. The quantitative estimate of drug-likeness (QED) is 0.0864. The maximum Gasteiger partial charge on any atom is 0.0755 e. The van der Waals surface area contributed by atoms with Crippen molar-refractivity contribution >= 4 is 11.9 Å². The average molecular weight is 587 g/mol. The van der Waals surface area contributed by atoms with E-state index in [1.54, 1.807) is 0 Å². The second kappa shape index (κ2) is 43.3. The lowest BCUT2D eigenvalue weighted by atomic mass is 10.1. The number of carbonyl (C=O) groups excluding carboxylic acids is 2. The van der Waals surface area contributed by atoms with Gasteiger partial charge < -0.3 is 30.4 Å². The minimum absolute atomic E-state index is 1.03. The molecule has 0 aliphatic carbocycles. The zero-order valence-corrected chi connectivity index (χ0v) is 28.3. The van der Waals surface area contributed by atoms with E-state index >= 15 is 0 Å². The van der Waals surface area contributed by atoms with E-state index in [2.05, 4.69) is 38.3 Å². The monoisotopic (exact) mass is 587 g/mol. The maximum atomic E-state index is 9.28. The molecule has 0 amide bonds. The fourth-order valence-electron chi connectivity index (χ4n) is 4.68. The van der Waals surface area contributed by atoms with Gasteiger partial charge in [-0.2, -0.15) is 0 Å². The lowest BCUT2D eigenvalue weighted by Gasteiger charge is -2.02. The molecule has 0 aromatic carbocycles. The molecule has 0 bridgehead atoms. The number of nitrogens with two attached hydrogens (primary N) is 2. The van der Waals surface area contributed by atoms with Crippen LogP contribution in [0.2, 0.25) is 0 Å². The number of hydrogen-bond acceptors (Lipinski definition) is 4. The lowest BCUT2D eigenvalue weighted by Crippen LogP contribution is -2.84. The smallest absolute Gasteiger partial charge is 0.0755 e. The van der Waals surface area contributed by atoms with Crippen molar-refractivity contribution in [1.29, 1.82) is 0 Å². The highest BCUT2D eigenvalue weighted by atomic mass is 16.4. The Morgan fingerprint density at radius 3 is 0.732 bits per heavy atom. The number of unbranched alkanes of at least 4 members (excludes halogenated alkanes) is 20.